The lowest BCUT2D eigenvalue weighted by atomic mass is 9.71. The van der Waals surface area contributed by atoms with Gasteiger partial charge < -0.3 is 9.47 Å². The van der Waals surface area contributed by atoms with Gasteiger partial charge in [0.2, 0.25) is 0 Å². The molecule has 0 aliphatic carbocycles. The summed E-state index contributed by atoms with van der Waals surface area (Å²) in [5.41, 5.74) is 3.03. The van der Waals surface area contributed by atoms with E-state index in [0.29, 0.717) is 29.9 Å². The van der Waals surface area contributed by atoms with Crippen molar-refractivity contribution in [1.82, 2.24) is 9.97 Å². The van der Waals surface area contributed by atoms with Crippen LogP contribution in [0.5, 0.6) is 0 Å². The van der Waals surface area contributed by atoms with Gasteiger partial charge >= 0.3 is 0 Å². The van der Waals surface area contributed by atoms with Gasteiger partial charge in [-0.25, -0.2) is 9.97 Å². The molecular formula is C18H18BrClN2O2S. The fourth-order valence-corrected chi connectivity index (χ4v) is 4.69. The average Bonchev–Trinajstić information content (AvgIpc) is 2.58. The van der Waals surface area contributed by atoms with Gasteiger partial charge in [0, 0.05) is 16.5 Å². The third-order valence-corrected chi connectivity index (χ3v) is 6.51. The van der Waals surface area contributed by atoms with Crippen LogP contribution in [0.2, 0.25) is 5.15 Å². The van der Waals surface area contributed by atoms with Crippen LogP contribution in [-0.4, -0.2) is 21.8 Å². The molecule has 25 heavy (non-hydrogen) atoms. The van der Waals surface area contributed by atoms with Crippen LogP contribution in [0.25, 0.3) is 0 Å². The van der Waals surface area contributed by atoms with Crippen LogP contribution >= 0.6 is 39.3 Å². The number of hydrogen-bond donors (Lipinski definition) is 0. The molecule has 2 aromatic rings. The van der Waals surface area contributed by atoms with Crippen molar-refractivity contribution < 1.29 is 9.47 Å². The van der Waals surface area contributed by atoms with Crippen molar-refractivity contribution in [1.29, 1.82) is 0 Å². The molecule has 0 saturated carbocycles. The summed E-state index contributed by atoms with van der Waals surface area (Å²) >= 11 is 11.5. The molecule has 4 nitrogen and oxygen atoms in total. The van der Waals surface area contributed by atoms with Crippen molar-refractivity contribution in [3.05, 3.63) is 50.2 Å². The van der Waals surface area contributed by atoms with E-state index >= 15 is 0 Å². The third kappa shape index (κ3) is 2.73. The maximum atomic E-state index is 6.47. The zero-order valence-corrected chi connectivity index (χ0v) is 17.4. The standard InChI is InChI=1S/C18H18BrClN2O2S/c1-17(2)18(13-6-11(19)5-4-10(13)8-23-17)7-14-12(9-24-18)15(20)22-16(21-14)25-3/h4-6H,7-9H2,1-3H3. The van der Waals surface area contributed by atoms with Crippen molar-refractivity contribution in [2.45, 2.75) is 49.8 Å². The van der Waals surface area contributed by atoms with Gasteiger partial charge in [0.1, 0.15) is 10.8 Å². The molecule has 3 heterocycles. The van der Waals surface area contributed by atoms with Crippen molar-refractivity contribution in [3.8, 4) is 0 Å². The number of halogens is 2. The number of thioether (sulfide) groups is 1. The van der Waals surface area contributed by atoms with E-state index in [1.54, 1.807) is 0 Å². The summed E-state index contributed by atoms with van der Waals surface area (Å²) < 4.78 is 13.7. The Morgan fingerprint density at radius 3 is 2.76 bits per heavy atom. The van der Waals surface area contributed by atoms with Gasteiger partial charge in [-0.15, -0.1) is 0 Å². The summed E-state index contributed by atoms with van der Waals surface area (Å²) in [4.78, 5) is 9.06. The fourth-order valence-electron chi connectivity index (χ4n) is 3.65. The number of hydrogen-bond acceptors (Lipinski definition) is 5. The lowest BCUT2D eigenvalue weighted by molar-refractivity contribution is -0.228. The Balaban J connectivity index is 1.90. The first kappa shape index (κ1) is 17.7. The minimum absolute atomic E-state index is 0.377. The lowest BCUT2D eigenvalue weighted by Gasteiger charge is -2.52. The Morgan fingerprint density at radius 2 is 2.00 bits per heavy atom. The molecule has 1 unspecified atom stereocenters. The molecule has 1 spiro atoms. The first-order valence-corrected chi connectivity index (χ1v) is 10.4. The van der Waals surface area contributed by atoms with Crippen LogP contribution in [0.15, 0.2) is 27.8 Å². The predicted molar refractivity (Wildman–Crippen MR) is 102 cm³/mol. The van der Waals surface area contributed by atoms with Crippen molar-refractivity contribution in [2.24, 2.45) is 0 Å². The summed E-state index contributed by atoms with van der Waals surface area (Å²) in [5.74, 6) is 0. The van der Waals surface area contributed by atoms with Crippen LogP contribution in [0.4, 0.5) is 0 Å². The molecule has 0 radical (unpaired) electrons. The van der Waals surface area contributed by atoms with E-state index in [2.05, 4.69) is 46.9 Å². The number of ether oxygens (including phenoxy) is 2. The molecule has 0 fully saturated rings. The summed E-state index contributed by atoms with van der Waals surface area (Å²) in [7, 11) is 0. The predicted octanol–water partition coefficient (Wildman–Crippen LogP) is 4.89. The second-order valence-corrected chi connectivity index (χ2v) is 8.87. The molecular weight excluding hydrogens is 424 g/mol. The third-order valence-electron chi connectivity index (χ3n) is 5.15. The molecule has 1 aromatic heterocycles. The SMILES string of the molecule is CSc1nc(Cl)c2c(n1)CC1(OC2)c2cc(Br)ccc2COC1(C)C. The molecule has 132 valence electrons. The molecule has 0 N–H and O–H groups in total. The molecule has 2 aliphatic rings. The summed E-state index contributed by atoms with van der Waals surface area (Å²) in [6.45, 7) is 5.12. The van der Waals surface area contributed by atoms with Crippen molar-refractivity contribution >= 4 is 39.3 Å². The first-order valence-electron chi connectivity index (χ1n) is 8.02. The zero-order chi connectivity index (χ0) is 17.8. The molecule has 2 aliphatic heterocycles. The number of nitrogens with zero attached hydrogens (tertiary/aromatic N) is 2. The van der Waals surface area contributed by atoms with Crippen LogP contribution in [0.1, 0.15) is 36.2 Å². The second-order valence-electron chi connectivity index (χ2n) is 6.82. The summed E-state index contributed by atoms with van der Waals surface area (Å²) in [6.07, 6.45) is 2.56. The highest BCUT2D eigenvalue weighted by Gasteiger charge is 2.54. The van der Waals surface area contributed by atoms with Gasteiger partial charge in [0.15, 0.2) is 5.16 Å². The highest BCUT2D eigenvalue weighted by molar-refractivity contribution is 9.10. The van der Waals surface area contributed by atoms with Gasteiger partial charge in [-0.05, 0) is 43.4 Å². The van der Waals surface area contributed by atoms with Gasteiger partial charge in [-0.3, -0.25) is 0 Å². The van der Waals surface area contributed by atoms with E-state index in [1.807, 2.05) is 12.3 Å². The minimum Gasteiger partial charge on any atom is -0.367 e. The van der Waals surface area contributed by atoms with E-state index in [9.17, 15) is 0 Å². The number of aromatic nitrogens is 2. The number of fused-ring (bicyclic) bond motifs is 3. The van der Waals surface area contributed by atoms with Gasteiger partial charge in [0.05, 0.1) is 24.5 Å². The average molecular weight is 442 g/mol. The fraction of sp³-hybridized carbons (Fsp3) is 0.444. The van der Waals surface area contributed by atoms with Crippen LogP contribution < -0.4 is 0 Å². The van der Waals surface area contributed by atoms with Gasteiger partial charge in [-0.1, -0.05) is 45.4 Å². The Hall–Kier alpha value is -0.660. The van der Waals surface area contributed by atoms with E-state index in [1.165, 1.54) is 11.8 Å². The monoisotopic (exact) mass is 440 g/mol. The van der Waals surface area contributed by atoms with Crippen LogP contribution in [0, 0.1) is 0 Å². The van der Waals surface area contributed by atoms with E-state index in [-0.39, 0.29) is 0 Å². The molecule has 7 heteroatoms. The summed E-state index contributed by atoms with van der Waals surface area (Å²) in [5, 5.41) is 1.16. The summed E-state index contributed by atoms with van der Waals surface area (Å²) in [6, 6.07) is 6.27. The molecule has 1 atom stereocenters. The molecule has 0 saturated heterocycles. The Kier molecular flexibility index (Phi) is 4.40. The quantitative estimate of drug-likeness (QED) is 0.358. The molecule has 1 aromatic carbocycles. The number of rotatable bonds is 1. The maximum absolute atomic E-state index is 6.47. The topological polar surface area (TPSA) is 44.2 Å². The Morgan fingerprint density at radius 1 is 1.20 bits per heavy atom. The largest absolute Gasteiger partial charge is 0.367 e. The zero-order valence-electron chi connectivity index (χ0n) is 14.2. The van der Waals surface area contributed by atoms with Crippen LogP contribution in [-0.2, 0) is 34.7 Å². The number of benzene rings is 1. The van der Waals surface area contributed by atoms with Gasteiger partial charge in [0.25, 0.3) is 0 Å². The smallest absolute Gasteiger partial charge is 0.188 e. The van der Waals surface area contributed by atoms with Crippen molar-refractivity contribution in [2.75, 3.05) is 6.26 Å². The Bertz CT molecular complexity index is 861. The maximum Gasteiger partial charge on any atom is 0.188 e. The molecule has 0 bridgehead atoms. The van der Waals surface area contributed by atoms with Crippen LogP contribution in [0.3, 0.4) is 0 Å². The highest BCUT2D eigenvalue weighted by Crippen LogP contribution is 2.50. The molecule has 4 rings (SSSR count). The second kappa shape index (κ2) is 6.20. The Labute approximate surface area is 164 Å². The van der Waals surface area contributed by atoms with E-state index < -0.39 is 11.2 Å². The van der Waals surface area contributed by atoms with E-state index in [4.69, 9.17) is 26.1 Å². The molecule has 0 amide bonds. The minimum atomic E-state index is -0.606. The first-order chi connectivity index (χ1) is 11.9. The van der Waals surface area contributed by atoms with E-state index in [0.717, 1.165) is 26.9 Å². The van der Waals surface area contributed by atoms with Gasteiger partial charge in [-0.2, -0.15) is 0 Å². The lowest BCUT2D eigenvalue weighted by Crippen LogP contribution is -2.57. The van der Waals surface area contributed by atoms with Crippen molar-refractivity contribution in [3.63, 3.8) is 0 Å². The highest BCUT2D eigenvalue weighted by atomic mass is 79.9. The normalized spacial score (nSPS) is 24.0.